The zero-order valence-electron chi connectivity index (χ0n) is 15.5. The van der Waals surface area contributed by atoms with Crippen LogP contribution in [-0.4, -0.2) is 47.4 Å². The molecule has 0 fully saturated rings. The minimum absolute atomic E-state index is 0.242. The first-order valence-corrected chi connectivity index (χ1v) is 10.4. The molecule has 1 aromatic carbocycles. The third kappa shape index (κ3) is 7.07. The van der Waals surface area contributed by atoms with E-state index in [1.807, 2.05) is 24.0 Å². The Morgan fingerprint density at radius 3 is 2.73 bits per heavy atom. The van der Waals surface area contributed by atoms with Crippen molar-refractivity contribution in [2.75, 3.05) is 31.6 Å². The highest BCUT2D eigenvalue weighted by atomic mass is 32.2. The second-order valence-electron chi connectivity index (χ2n) is 5.87. The number of aromatic nitrogens is 2. The Kier molecular flexibility index (Phi) is 9.03. The average Bonchev–Trinajstić information content (AvgIpc) is 3.11. The second-order valence-corrected chi connectivity index (χ2v) is 6.85. The first kappa shape index (κ1) is 20.3. The smallest absolute Gasteiger partial charge is 0.191 e. The van der Waals surface area contributed by atoms with Gasteiger partial charge in [-0.15, -0.1) is 0 Å². The van der Waals surface area contributed by atoms with Crippen molar-refractivity contribution in [2.45, 2.75) is 26.2 Å². The normalized spacial score (nSPS) is 11.6. The summed E-state index contributed by atoms with van der Waals surface area (Å²) in [6.07, 6.45) is 7.13. The molecule has 0 aliphatic rings. The summed E-state index contributed by atoms with van der Waals surface area (Å²) in [7, 11) is 0. The minimum Gasteiger partial charge on any atom is -0.357 e. The molecule has 0 atom stereocenters. The lowest BCUT2D eigenvalue weighted by atomic mass is 10.3. The third-order valence-corrected chi connectivity index (χ3v) is 4.48. The number of hydrogen-bond acceptors (Lipinski definition) is 3. The number of nitrogens with zero attached hydrogens (tertiary/aromatic N) is 3. The number of unbranched alkanes of at least 4 members (excludes halogenated alkanes) is 1. The Bertz CT molecular complexity index is 669. The molecule has 2 aromatic rings. The Morgan fingerprint density at radius 1 is 1.19 bits per heavy atom. The van der Waals surface area contributed by atoms with Crippen molar-refractivity contribution in [3.8, 4) is 5.69 Å². The van der Waals surface area contributed by atoms with Crippen LogP contribution >= 0.6 is 11.8 Å². The highest BCUT2D eigenvalue weighted by Crippen LogP contribution is 2.09. The summed E-state index contributed by atoms with van der Waals surface area (Å²) >= 11 is 1.88. The highest BCUT2D eigenvalue weighted by Gasteiger charge is 2.03. The molecule has 5 nitrogen and oxygen atoms in total. The molecule has 0 aliphatic carbocycles. The fourth-order valence-corrected chi connectivity index (χ4v) is 2.93. The van der Waals surface area contributed by atoms with E-state index in [2.05, 4.69) is 33.9 Å². The van der Waals surface area contributed by atoms with E-state index in [9.17, 15) is 4.39 Å². The lowest BCUT2D eigenvalue weighted by Gasteiger charge is -2.10. The van der Waals surface area contributed by atoms with Gasteiger partial charge in [0.05, 0.1) is 11.4 Å². The number of benzene rings is 1. The number of rotatable bonds is 10. The Balaban J connectivity index is 1.79. The van der Waals surface area contributed by atoms with E-state index < -0.39 is 0 Å². The van der Waals surface area contributed by atoms with Crippen LogP contribution in [0.5, 0.6) is 0 Å². The molecule has 0 saturated carbocycles. The number of aliphatic imine (C=N–C) groups is 1. The molecule has 1 aromatic heterocycles. The van der Waals surface area contributed by atoms with Crippen LogP contribution in [-0.2, 0) is 6.42 Å². The summed E-state index contributed by atoms with van der Waals surface area (Å²) in [5, 5.41) is 11.2. The molecule has 7 heteroatoms. The third-order valence-electron chi connectivity index (χ3n) is 3.78. The molecule has 26 heavy (non-hydrogen) atoms. The van der Waals surface area contributed by atoms with E-state index in [0.717, 1.165) is 49.8 Å². The van der Waals surface area contributed by atoms with E-state index in [-0.39, 0.29) is 5.82 Å². The van der Waals surface area contributed by atoms with Gasteiger partial charge in [-0.3, -0.25) is 4.99 Å². The van der Waals surface area contributed by atoms with Gasteiger partial charge in [-0.05, 0) is 62.1 Å². The van der Waals surface area contributed by atoms with Crippen molar-refractivity contribution in [3.63, 3.8) is 0 Å². The zero-order chi connectivity index (χ0) is 18.6. The first-order chi connectivity index (χ1) is 12.7. The van der Waals surface area contributed by atoms with Crippen LogP contribution in [0.25, 0.3) is 5.69 Å². The maximum Gasteiger partial charge on any atom is 0.191 e. The van der Waals surface area contributed by atoms with Gasteiger partial charge in [0.15, 0.2) is 5.96 Å². The van der Waals surface area contributed by atoms with Crippen molar-refractivity contribution in [2.24, 2.45) is 4.99 Å². The number of guanidine groups is 1. The van der Waals surface area contributed by atoms with Crippen LogP contribution in [0.2, 0.25) is 0 Å². The quantitative estimate of drug-likeness (QED) is 0.379. The maximum absolute atomic E-state index is 13.0. The van der Waals surface area contributed by atoms with Gasteiger partial charge in [-0.25, -0.2) is 9.07 Å². The van der Waals surface area contributed by atoms with Crippen LogP contribution in [0.3, 0.4) is 0 Å². The van der Waals surface area contributed by atoms with Gasteiger partial charge in [-0.2, -0.15) is 16.9 Å². The molecule has 142 valence electrons. The molecule has 1 heterocycles. The summed E-state index contributed by atoms with van der Waals surface area (Å²) < 4.78 is 14.8. The topological polar surface area (TPSA) is 54.2 Å². The monoisotopic (exact) mass is 377 g/mol. The summed E-state index contributed by atoms with van der Waals surface area (Å²) in [4.78, 5) is 4.60. The molecule has 2 rings (SSSR count). The summed E-state index contributed by atoms with van der Waals surface area (Å²) in [6, 6.07) is 8.30. The molecule has 0 unspecified atom stereocenters. The van der Waals surface area contributed by atoms with Crippen LogP contribution < -0.4 is 10.6 Å². The fraction of sp³-hybridized carbons (Fsp3) is 0.474. The predicted octanol–water partition coefficient (Wildman–Crippen LogP) is 3.25. The number of nitrogens with one attached hydrogen (secondary N) is 2. The van der Waals surface area contributed by atoms with Crippen LogP contribution in [0, 0.1) is 5.82 Å². The Labute approximate surface area is 159 Å². The standard InChI is InChI=1S/C19H28FN5S/c1-3-21-19(22-12-4-5-15-26-2)23-13-10-17-11-14-25(24-17)18-8-6-16(20)7-9-18/h6-9,11,14H,3-5,10,12-13,15H2,1-2H3,(H2,21,22,23). The van der Waals surface area contributed by atoms with Crippen molar-refractivity contribution in [3.05, 3.63) is 48.0 Å². The molecule has 2 N–H and O–H groups in total. The highest BCUT2D eigenvalue weighted by molar-refractivity contribution is 7.98. The van der Waals surface area contributed by atoms with E-state index in [4.69, 9.17) is 0 Å². The Hall–Kier alpha value is -2.02. The molecule has 0 amide bonds. The van der Waals surface area contributed by atoms with Gasteiger partial charge in [0.1, 0.15) is 5.82 Å². The largest absolute Gasteiger partial charge is 0.357 e. The number of hydrogen-bond donors (Lipinski definition) is 2. The van der Waals surface area contributed by atoms with Crippen molar-refractivity contribution in [1.82, 2.24) is 20.4 Å². The van der Waals surface area contributed by atoms with Gasteiger partial charge in [0.25, 0.3) is 0 Å². The maximum atomic E-state index is 13.0. The molecule has 0 bridgehead atoms. The molecule has 0 spiro atoms. The van der Waals surface area contributed by atoms with Crippen LogP contribution in [0.15, 0.2) is 41.5 Å². The van der Waals surface area contributed by atoms with Crippen molar-refractivity contribution >= 4 is 17.7 Å². The average molecular weight is 378 g/mol. The fourth-order valence-electron chi connectivity index (χ4n) is 2.43. The summed E-state index contributed by atoms with van der Waals surface area (Å²) in [6.45, 7) is 4.51. The van der Waals surface area contributed by atoms with Crippen molar-refractivity contribution < 1.29 is 4.39 Å². The Morgan fingerprint density at radius 2 is 2.00 bits per heavy atom. The van der Waals surface area contributed by atoms with Gasteiger partial charge >= 0.3 is 0 Å². The molecular formula is C19H28FN5S. The van der Waals surface area contributed by atoms with E-state index in [1.165, 1.54) is 24.3 Å². The van der Waals surface area contributed by atoms with Crippen LogP contribution in [0.4, 0.5) is 4.39 Å². The molecule has 0 aliphatic heterocycles. The second kappa shape index (κ2) is 11.6. The molecule has 0 radical (unpaired) electrons. The lowest BCUT2D eigenvalue weighted by molar-refractivity contribution is 0.627. The van der Waals surface area contributed by atoms with Gasteiger partial charge in [-0.1, -0.05) is 0 Å². The van der Waals surface area contributed by atoms with Gasteiger partial charge in [0, 0.05) is 32.3 Å². The summed E-state index contributed by atoms with van der Waals surface area (Å²) in [5.74, 6) is 1.81. The predicted molar refractivity (Wildman–Crippen MR) is 109 cm³/mol. The number of thioether (sulfide) groups is 1. The van der Waals surface area contributed by atoms with E-state index in [0.29, 0.717) is 0 Å². The van der Waals surface area contributed by atoms with Crippen molar-refractivity contribution in [1.29, 1.82) is 0 Å². The minimum atomic E-state index is -0.242. The number of halogens is 1. The molecule has 0 saturated heterocycles. The van der Waals surface area contributed by atoms with Gasteiger partial charge in [0.2, 0.25) is 0 Å². The molecular weight excluding hydrogens is 349 g/mol. The van der Waals surface area contributed by atoms with Crippen LogP contribution in [0.1, 0.15) is 25.5 Å². The van der Waals surface area contributed by atoms with E-state index >= 15 is 0 Å². The summed E-state index contributed by atoms with van der Waals surface area (Å²) in [5.41, 5.74) is 1.84. The van der Waals surface area contributed by atoms with Gasteiger partial charge < -0.3 is 10.6 Å². The zero-order valence-corrected chi connectivity index (χ0v) is 16.4. The first-order valence-electron chi connectivity index (χ1n) is 9.04. The SMILES string of the molecule is CCNC(=NCCCCSC)NCCc1ccn(-c2ccc(F)cc2)n1. The lowest BCUT2D eigenvalue weighted by Crippen LogP contribution is -2.38. The van der Waals surface area contributed by atoms with E-state index in [1.54, 1.807) is 16.8 Å².